The number of anilines is 1. The van der Waals surface area contributed by atoms with Gasteiger partial charge in [-0.05, 0) is 44.5 Å². The Morgan fingerprint density at radius 1 is 1.08 bits per heavy atom. The minimum Gasteiger partial charge on any atom is -0.381 e. The van der Waals surface area contributed by atoms with Crippen molar-refractivity contribution in [1.29, 1.82) is 0 Å². The second-order valence-electron chi connectivity index (χ2n) is 6.28. The van der Waals surface area contributed by atoms with Crippen molar-refractivity contribution in [2.45, 2.75) is 27.3 Å². The Morgan fingerprint density at radius 3 is 2.56 bits per heavy atom. The Morgan fingerprint density at radius 2 is 1.88 bits per heavy atom. The molecule has 0 amide bonds. The van der Waals surface area contributed by atoms with Gasteiger partial charge in [-0.1, -0.05) is 23.4 Å². The molecule has 1 N–H and O–H groups in total. The van der Waals surface area contributed by atoms with Crippen molar-refractivity contribution in [3.8, 4) is 11.3 Å². The number of nitrogens with one attached hydrogen (secondary N) is 1. The lowest BCUT2D eigenvalue weighted by Crippen LogP contribution is -2.01. The van der Waals surface area contributed by atoms with E-state index in [4.69, 9.17) is 9.51 Å². The van der Waals surface area contributed by atoms with Crippen molar-refractivity contribution in [1.82, 2.24) is 14.5 Å². The summed E-state index contributed by atoms with van der Waals surface area (Å²) in [6.07, 6.45) is 4.09. The van der Waals surface area contributed by atoms with Crippen molar-refractivity contribution in [2.24, 2.45) is 0 Å². The van der Waals surface area contributed by atoms with Gasteiger partial charge in [0, 0.05) is 35.8 Å². The number of benzene rings is 1. The maximum Gasteiger partial charge on any atom is 0.140 e. The molecule has 0 fully saturated rings. The molecule has 5 heteroatoms. The number of hydrogen-bond acceptors (Lipinski definition) is 4. The third kappa shape index (κ3) is 2.89. The molecule has 3 heterocycles. The molecule has 25 heavy (non-hydrogen) atoms. The first kappa shape index (κ1) is 15.4. The van der Waals surface area contributed by atoms with E-state index in [-0.39, 0.29) is 0 Å². The van der Waals surface area contributed by atoms with Gasteiger partial charge in [0.15, 0.2) is 0 Å². The van der Waals surface area contributed by atoms with Gasteiger partial charge in [0.05, 0.1) is 11.4 Å². The van der Waals surface area contributed by atoms with Gasteiger partial charge in [-0.15, -0.1) is 0 Å². The molecular formula is C20H20N4O. The highest BCUT2D eigenvalue weighted by Gasteiger charge is 2.09. The normalized spacial score (nSPS) is 11.2. The number of hydrogen-bond donors (Lipinski definition) is 1. The molecule has 5 nitrogen and oxygen atoms in total. The van der Waals surface area contributed by atoms with Crippen LogP contribution in [0.4, 0.5) is 5.69 Å². The molecule has 0 unspecified atom stereocenters. The third-order valence-corrected chi connectivity index (χ3v) is 4.51. The summed E-state index contributed by atoms with van der Waals surface area (Å²) >= 11 is 0. The first-order chi connectivity index (χ1) is 12.1. The maximum atomic E-state index is 5.20. The first-order valence-electron chi connectivity index (χ1n) is 8.32. The first-order valence-corrected chi connectivity index (χ1v) is 8.32. The molecule has 4 aromatic rings. The van der Waals surface area contributed by atoms with Crippen molar-refractivity contribution in [2.75, 3.05) is 5.32 Å². The lowest BCUT2D eigenvalue weighted by atomic mass is 10.1. The van der Waals surface area contributed by atoms with Gasteiger partial charge in [-0.2, -0.15) is 0 Å². The summed E-state index contributed by atoms with van der Waals surface area (Å²) in [6, 6.07) is 12.4. The van der Waals surface area contributed by atoms with Crippen LogP contribution in [0.2, 0.25) is 0 Å². The zero-order chi connectivity index (χ0) is 17.4. The highest BCUT2D eigenvalue weighted by atomic mass is 16.5. The maximum absolute atomic E-state index is 5.20. The van der Waals surface area contributed by atoms with E-state index in [1.165, 1.54) is 5.56 Å². The number of nitrogens with zero attached hydrogens (tertiary/aromatic N) is 3. The minimum absolute atomic E-state index is 0.702. The van der Waals surface area contributed by atoms with E-state index in [0.29, 0.717) is 6.54 Å². The molecule has 0 aliphatic rings. The van der Waals surface area contributed by atoms with Crippen LogP contribution in [-0.4, -0.2) is 14.5 Å². The average Bonchev–Trinajstić information content (AvgIpc) is 3.19. The predicted octanol–water partition coefficient (Wildman–Crippen LogP) is 4.53. The van der Waals surface area contributed by atoms with E-state index in [0.717, 1.165) is 39.6 Å². The highest BCUT2D eigenvalue weighted by Crippen LogP contribution is 2.23. The van der Waals surface area contributed by atoms with Gasteiger partial charge in [0.2, 0.25) is 0 Å². The van der Waals surface area contributed by atoms with Crippen LogP contribution in [0, 0.1) is 20.8 Å². The van der Waals surface area contributed by atoms with Crippen molar-refractivity contribution < 1.29 is 4.52 Å². The van der Waals surface area contributed by atoms with Crippen molar-refractivity contribution in [3.63, 3.8) is 0 Å². The zero-order valence-corrected chi connectivity index (χ0v) is 14.6. The number of fused-ring (bicyclic) bond motifs is 1. The molecule has 1 aromatic carbocycles. The molecule has 0 aliphatic carbocycles. The van der Waals surface area contributed by atoms with E-state index in [9.17, 15) is 0 Å². The fourth-order valence-electron chi connectivity index (χ4n) is 3.00. The molecule has 0 radical (unpaired) electrons. The lowest BCUT2D eigenvalue weighted by molar-refractivity contribution is 0.392. The van der Waals surface area contributed by atoms with Crippen molar-refractivity contribution in [3.05, 3.63) is 71.4 Å². The number of aryl methyl sites for hydroxylation is 3. The Labute approximate surface area is 146 Å². The van der Waals surface area contributed by atoms with Crippen LogP contribution in [0.25, 0.3) is 16.9 Å². The van der Waals surface area contributed by atoms with Crippen LogP contribution in [0.1, 0.15) is 22.6 Å². The van der Waals surface area contributed by atoms with Gasteiger partial charge in [-0.3, -0.25) is 0 Å². The molecule has 126 valence electrons. The summed E-state index contributed by atoms with van der Waals surface area (Å²) in [4.78, 5) is 4.74. The lowest BCUT2D eigenvalue weighted by Gasteiger charge is -2.06. The Balaban J connectivity index is 1.54. The topological polar surface area (TPSA) is 55.4 Å². The van der Waals surface area contributed by atoms with Crippen LogP contribution in [-0.2, 0) is 6.54 Å². The largest absolute Gasteiger partial charge is 0.381 e. The fraction of sp³-hybridized carbons (Fsp3) is 0.200. The summed E-state index contributed by atoms with van der Waals surface area (Å²) < 4.78 is 7.26. The number of imidazole rings is 1. The number of aromatic nitrogens is 3. The van der Waals surface area contributed by atoms with Gasteiger partial charge in [0.1, 0.15) is 11.4 Å². The quantitative estimate of drug-likeness (QED) is 0.597. The van der Waals surface area contributed by atoms with Crippen LogP contribution in [0.5, 0.6) is 0 Å². The van der Waals surface area contributed by atoms with Crippen LogP contribution >= 0.6 is 0 Å². The molecule has 0 saturated heterocycles. The summed E-state index contributed by atoms with van der Waals surface area (Å²) in [5.74, 6) is 0.863. The number of pyridine rings is 1. The molecule has 3 aromatic heterocycles. The second kappa shape index (κ2) is 6.09. The van der Waals surface area contributed by atoms with Gasteiger partial charge >= 0.3 is 0 Å². The van der Waals surface area contributed by atoms with E-state index >= 15 is 0 Å². The smallest absolute Gasteiger partial charge is 0.140 e. The zero-order valence-electron chi connectivity index (χ0n) is 14.6. The molecular weight excluding hydrogens is 312 g/mol. The fourth-order valence-corrected chi connectivity index (χ4v) is 3.00. The third-order valence-electron chi connectivity index (χ3n) is 4.51. The standard InChI is InChI=1S/C20H20N4O/c1-13-5-4-10-24-12-19(22-20(13)24)16-6-8-17(9-7-16)21-11-18-14(2)23-25-15(18)3/h4-10,12,21H,11H2,1-3H3. The van der Waals surface area contributed by atoms with Crippen LogP contribution < -0.4 is 5.32 Å². The SMILES string of the molecule is Cc1noc(C)c1CNc1ccc(-c2cn3cccc(C)c3n2)cc1. The molecule has 4 rings (SSSR count). The molecule has 0 atom stereocenters. The monoisotopic (exact) mass is 332 g/mol. The Bertz CT molecular complexity index is 1010. The average molecular weight is 332 g/mol. The molecule has 0 aliphatic heterocycles. The van der Waals surface area contributed by atoms with Crippen LogP contribution in [0.15, 0.2) is 53.3 Å². The summed E-state index contributed by atoms with van der Waals surface area (Å²) in [7, 11) is 0. The summed E-state index contributed by atoms with van der Waals surface area (Å²) in [6.45, 7) is 6.68. The number of rotatable bonds is 4. The Hall–Kier alpha value is -3.08. The predicted molar refractivity (Wildman–Crippen MR) is 98.7 cm³/mol. The van der Waals surface area contributed by atoms with Gasteiger partial charge in [0.25, 0.3) is 0 Å². The van der Waals surface area contributed by atoms with E-state index in [2.05, 4.69) is 58.3 Å². The molecule has 0 saturated carbocycles. The van der Waals surface area contributed by atoms with Gasteiger partial charge < -0.3 is 14.2 Å². The molecule has 0 bridgehead atoms. The summed E-state index contributed by atoms with van der Waals surface area (Å²) in [5.41, 5.74) is 7.35. The minimum atomic E-state index is 0.702. The Kier molecular flexibility index (Phi) is 3.76. The second-order valence-corrected chi connectivity index (χ2v) is 6.28. The van der Waals surface area contributed by atoms with Gasteiger partial charge in [-0.25, -0.2) is 4.98 Å². The van der Waals surface area contributed by atoms with Crippen LogP contribution in [0.3, 0.4) is 0 Å². The van der Waals surface area contributed by atoms with Crippen molar-refractivity contribution >= 4 is 11.3 Å². The molecule has 0 spiro atoms. The van der Waals surface area contributed by atoms with E-state index < -0.39 is 0 Å². The summed E-state index contributed by atoms with van der Waals surface area (Å²) in [5, 5.41) is 7.40. The van der Waals surface area contributed by atoms with E-state index in [1.54, 1.807) is 0 Å². The van der Waals surface area contributed by atoms with E-state index in [1.807, 2.05) is 26.1 Å². The highest BCUT2D eigenvalue weighted by molar-refractivity contribution is 5.66.